The lowest BCUT2D eigenvalue weighted by molar-refractivity contribution is -0.140. The van der Waals surface area contributed by atoms with Crippen LogP contribution in [0.2, 0.25) is 0 Å². The Labute approximate surface area is 199 Å². The van der Waals surface area contributed by atoms with Crippen LogP contribution in [-0.2, 0) is 16.1 Å². The van der Waals surface area contributed by atoms with Crippen molar-refractivity contribution in [2.45, 2.75) is 39.8 Å². The minimum absolute atomic E-state index is 0.259. The molecule has 0 bridgehead atoms. The molecule has 0 saturated heterocycles. The summed E-state index contributed by atoms with van der Waals surface area (Å²) >= 11 is 0. The van der Waals surface area contributed by atoms with Gasteiger partial charge in [-0.05, 0) is 57.5 Å². The molecule has 6 heteroatoms. The Morgan fingerprint density at radius 1 is 0.971 bits per heavy atom. The first-order valence-electron chi connectivity index (χ1n) is 11.2. The third-order valence-electron chi connectivity index (χ3n) is 5.55. The minimum Gasteiger partial charge on any atom is -0.460 e. The number of hydrogen-bond donors (Lipinski definition) is 0. The number of hydrogen-bond acceptors (Lipinski definition) is 5. The van der Waals surface area contributed by atoms with Gasteiger partial charge >= 0.3 is 5.97 Å². The van der Waals surface area contributed by atoms with Crippen LogP contribution in [0.25, 0.3) is 22.4 Å². The molecule has 4 aromatic rings. The number of rotatable bonds is 6. The SMILES string of the molecule is Cc1ccc(-c2cc(C(=O)OCC(=O)N(Cc3ccccc3)C(C)(C)C)c3ccccc3n2)o1. The van der Waals surface area contributed by atoms with Gasteiger partial charge in [0.15, 0.2) is 12.4 Å². The Balaban J connectivity index is 1.57. The summed E-state index contributed by atoms with van der Waals surface area (Å²) in [6.07, 6.45) is 0. The van der Waals surface area contributed by atoms with Crippen LogP contribution >= 0.6 is 0 Å². The van der Waals surface area contributed by atoms with Crippen molar-refractivity contribution in [3.8, 4) is 11.5 Å². The number of nitrogens with zero attached hydrogens (tertiary/aromatic N) is 2. The second-order valence-corrected chi connectivity index (χ2v) is 9.19. The number of carbonyl (C=O) groups excluding carboxylic acids is 2. The Morgan fingerprint density at radius 3 is 2.35 bits per heavy atom. The zero-order chi connectivity index (χ0) is 24.3. The fourth-order valence-electron chi connectivity index (χ4n) is 3.79. The van der Waals surface area contributed by atoms with E-state index in [-0.39, 0.29) is 12.5 Å². The number of benzene rings is 2. The number of para-hydroxylation sites is 1. The Kier molecular flexibility index (Phi) is 6.50. The van der Waals surface area contributed by atoms with Gasteiger partial charge in [-0.2, -0.15) is 0 Å². The van der Waals surface area contributed by atoms with E-state index in [1.165, 1.54) is 0 Å². The summed E-state index contributed by atoms with van der Waals surface area (Å²) in [5.41, 5.74) is 2.09. The van der Waals surface area contributed by atoms with Gasteiger partial charge in [0.25, 0.3) is 5.91 Å². The van der Waals surface area contributed by atoms with Crippen LogP contribution in [0, 0.1) is 6.92 Å². The number of furan rings is 1. The summed E-state index contributed by atoms with van der Waals surface area (Å²) in [5, 5.41) is 0.656. The van der Waals surface area contributed by atoms with E-state index >= 15 is 0 Å². The van der Waals surface area contributed by atoms with Crippen LogP contribution in [0.15, 0.2) is 77.2 Å². The van der Waals surface area contributed by atoms with E-state index in [9.17, 15) is 9.59 Å². The van der Waals surface area contributed by atoms with Gasteiger partial charge in [-0.15, -0.1) is 0 Å². The predicted molar refractivity (Wildman–Crippen MR) is 131 cm³/mol. The maximum atomic E-state index is 13.1. The molecule has 0 atom stereocenters. The van der Waals surface area contributed by atoms with Crippen LogP contribution in [0.1, 0.15) is 42.5 Å². The average molecular weight is 457 g/mol. The highest BCUT2D eigenvalue weighted by atomic mass is 16.5. The molecule has 0 aliphatic rings. The van der Waals surface area contributed by atoms with Crippen LogP contribution in [-0.4, -0.2) is 33.9 Å². The normalized spacial score (nSPS) is 11.4. The lowest BCUT2D eigenvalue weighted by atomic mass is 10.0. The monoisotopic (exact) mass is 456 g/mol. The van der Waals surface area contributed by atoms with Crippen molar-refractivity contribution >= 4 is 22.8 Å². The van der Waals surface area contributed by atoms with Gasteiger partial charge in [-0.3, -0.25) is 4.79 Å². The van der Waals surface area contributed by atoms with E-state index in [1.807, 2.05) is 94.4 Å². The molecular formula is C28H28N2O4. The van der Waals surface area contributed by atoms with Crippen LogP contribution in [0.3, 0.4) is 0 Å². The molecular weight excluding hydrogens is 428 g/mol. The Hall–Kier alpha value is -3.93. The molecule has 174 valence electrons. The summed E-state index contributed by atoms with van der Waals surface area (Å²) in [6.45, 7) is 7.81. The van der Waals surface area contributed by atoms with Crippen LogP contribution in [0.5, 0.6) is 0 Å². The van der Waals surface area contributed by atoms with Crippen molar-refractivity contribution in [2.24, 2.45) is 0 Å². The van der Waals surface area contributed by atoms with Crippen LogP contribution < -0.4 is 0 Å². The fraction of sp³-hybridized carbons (Fsp3) is 0.250. The largest absolute Gasteiger partial charge is 0.460 e. The number of ether oxygens (including phenoxy) is 1. The van der Waals surface area contributed by atoms with E-state index in [1.54, 1.807) is 11.0 Å². The van der Waals surface area contributed by atoms with Crippen LogP contribution in [0.4, 0.5) is 0 Å². The molecule has 0 N–H and O–H groups in total. The molecule has 0 spiro atoms. The number of fused-ring (bicyclic) bond motifs is 1. The summed E-state index contributed by atoms with van der Waals surface area (Å²) < 4.78 is 11.2. The third-order valence-corrected chi connectivity index (χ3v) is 5.55. The highest BCUT2D eigenvalue weighted by Crippen LogP contribution is 2.27. The van der Waals surface area contributed by atoms with Gasteiger partial charge in [0.2, 0.25) is 0 Å². The van der Waals surface area contributed by atoms with Gasteiger partial charge in [-0.1, -0.05) is 48.5 Å². The van der Waals surface area contributed by atoms with Crippen molar-refractivity contribution in [1.82, 2.24) is 9.88 Å². The smallest absolute Gasteiger partial charge is 0.339 e. The molecule has 6 nitrogen and oxygen atoms in total. The van der Waals surface area contributed by atoms with Gasteiger partial charge in [-0.25, -0.2) is 9.78 Å². The number of amides is 1. The first-order valence-corrected chi connectivity index (χ1v) is 11.2. The zero-order valence-corrected chi connectivity index (χ0v) is 19.9. The highest BCUT2D eigenvalue weighted by molar-refractivity contribution is 6.05. The summed E-state index contributed by atoms with van der Waals surface area (Å²) in [7, 11) is 0. The molecule has 0 aliphatic heterocycles. The molecule has 4 rings (SSSR count). The maximum Gasteiger partial charge on any atom is 0.339 e. The molecule has 2 heterocycles. The van der Waals surface area contributed by atoms with E-state index in [0.29, 0.717) is 34.5 Å². The lowest BCUT2D eigenvalue weighted by Crippen LogP contribution is -2.46. The molecule has 0 fully saturated rings. The first-order chi connectivity index (χ1) is 16.2. The van der Waals surface area contributed by atoms with Crippen molar-refractivity contribution in [3.63, 3.8) is 0 Å². The topological polar surface area (TPSA) is 72.6 Å². The van der Waals surface area contributed by atoms with Crippen molar-refractivity contribution in [3.05, 3.63) is 89.7 Å². The quantitative estimate of drug-likeness (QED) is 0.344. The molecule has 34 heavy (non-hydrogen) atoms. The second kappa shape index (κ2) is 9.51. The van der Waals surface area contributed by atoms with E-state index in [4.69, 9.17) is 9.15 Å². The second-order valence-electron chi connectivity index (χ2n) is 9.19. The Morgan fingerprint density at radius 2 is 1.68 bits per heavy atom. The minimum atomic E-state index is -0.579. The highest BCUT2D eigenvalue weighted by Gasteiger charge is 2.28. The lowest BCUT2D eigenvalue weighted by Gasteiger charge is -2.35. The maximum absolute atomic E-state index is 13.1. The molecule has 0 radical (unpaired) electrons. The molecule has 0 unspecified atom stereocenters. The number of aromatic nitrogens is 1. The number of pyridine rings is 1. The van der Waals surface area contributed by atoms with E-state index in [2.05, 4.69) is 4.98 Å². The van der Waals surface area contributed by atoms with Gasteiger partial charge in [0.1, 0.15) is 11.5 Å². The molecule has 0 saturated carbocycles. The summed E-state index contributed by atoms with van der Waals surface area (Å²) in [4.78, 5) is 32.6. The Bertz CT molecular complexity index is 1320. The van der Waals surface area contributed by atoms with E-state index in [0.717, 1.165) is 11.3 Å². The third kappa shape index (κ3) is 5.17. The van der Waals surface area contributed by atoms with Gasteiger partial charge < -0.3 is 14.1 Å². The standard InChI is InChI=1S/C28H28N2O4/c1-19-14-15-25(34-19)24-16-22(21-12-8-9-13-23(21)29-24)27(32)33-18-26(31)30(28(2,3)4)17-20-10-6-5-7-11-20/h5-16H,17-18H2,1-4H3. The number of carbonyl (C=O) groups is 2. The fourth-order valence-corrected chi connectivity index (χ4v) is 3.79. The van der Waals surface area contributed by atoms with Gasteiger partial charge in [0, 0.05) is 17.5 Å². The predicted octanol–water partition coefficient (Wildman–Crippen LogP) is 5.79. The van der Waals surface area contributed by atoms with E-state index < -0.39 is 11.5 Å². The molecule has 2 aromatic carbocycles. The molecule has 0 aliphatic carbocycles. The van der Waals surface area contributed by atoms with Gasteiger partial charge in [0.05, 0.1) is 11.1 Å². The molecule has 2 aromatic heterocycles. The molecule has 1 amide bonds. The summed E-state index contributed by atoms with van der Waals surface area (Å²) in [6, 6.07) is 22.4. The number of aryl methyl sites for hydroxylation is 1. The zero-order valence-electron chi connectivity index (χ0n) is 19.9. The number of esters is 1. The average Bonchev–Trinajstić information content (AvgIpc) is 3.26. The van der Waals surface area contributed by atoms with Crippen molar-refractivity contribution < 1.29 is 18.7 Å². The summed E-state index contributed by atoms with van der Waals surface area (Å²) in [5.74, 6) is 0.477. The van der Waals surface area contributed by atoms with Crippen molar-refractivity contribution in [1.29, 1.82) is 0 Å². The first kappa shape index (κ1) is 23.2. The van der Waals surface area contributed by atoms with Crippen molar-refractivity contribution in [2.75, 3.05) is 6.61 Å².